The maximum Gasteiger partial charge on any atom is 0.164 e. The van der Waals surface area contributed by atoms with Gasteiger partial charge in [0.1, 0.15) is 10.6 Å². The Labute approximate surface area is 167 Å². The second-order valence-corrected chi connectivity index (χ2v) is 8.27. The molecule has 0 spiro atoms. The second-order valence-electron chi connectivity index (χ2n) is 7.19. The van der Waals surface area contributed by atoms with Crippen LogP contribution in [0.4, 0.5) is 5.82 Å². The summed E-state index contributed by atoms with van der Waals surface area (Å²) in [5.74, 6) is 1.79. The molecule has 28 heavy (non-hydrogen) atoms. The molecule has 0 fully saturated rings. The lowest BCUT2D eigenvalue weighted by Crippen LogP contribution is -2.23. The van der Waals surface area contributed by atoms with Crippen LogP contribution in [0, 0.1) is 0 Å². The first kappa shape index (κ1) is 17.3. The van der Waals surface area contributed by atoms with Gasteiger partial charge in [-0.25, -0.2) is 9.97 Å². The molecule has 0 aliphatic heterocycles. The molecule has 0 atom stereocenters. The van der Waals surface area contributed by atoms with Gasteiger partial charge in [-0.3, -0.25) is 9.67 Å². The average molecular weight is 391 g/mol. The molecule has 0 saturated carbocycles. The van der Waals surface area contributed by atoms with Gasteiger partial charge in [0.2, 0.25) is 0 Å². The van der Waals surface area contributed by atoms with Gasteiger partial charge in [0.05, 0.1) is 11.6 Å². The molecule has 0 amide bonds. The van der Waals surface area contributed by atoms with E-state index in [1.165, 1.54) is 27.8 Å². The first-order valence-corrected chi connectivity index (χ1v) is 10.5. The number of aromatic nitrogens is 5. The summed E-state index contributed by atoms with van der Waals surface area (Å²) in [4.78, 5) is 19.1. The zero-order chi connectivity index (χ0) is 19.1. The normalized spacial score (nSPS) is 13.2. The van der Waals surface area contributed by atoms with Gasteiger partial charge in [-0.05, 0) is 43.9 Å². The quantitative estimate of drug-likeness (QED) is 0.515. The lowest BCUT2D eigenvalue weighted by Gasteiger charge is -2.23. The molecular weight excluding hydrogens is 368 g/mol. The topological polar surface area (TPSA) is 59.7 Å². The lowest BCUT2D eigenvalue weighted by molar-refractivity contribution is 0.764. The molecular formula is C21H22N6S. The number of pyridine rings is 1. The summed E-state index contributed by atoms with van der Waals surface area (Å²) < 4.78 is 1.85. The van der Waals surface area contributed by atoms with Crippen LogP contribution in [0.25, 0.3) is 21.6 Å². The average Bonchev–Trinajstić information content (AvgIpc) is 3.42. The van der Waals surface area contributed by atoms with Crippen LogP contribution < -0.4 is 4.90 Å². The first-order chi connectivity index (χ1) is 13.7. The zero-order valence-corrected chi connectivity index (χ0v) is 16.9. The molecule has 4 aromatic rings. The number of hydrogen-bond acceptors (Lipinski definition) is 6. The SMILES string of the molecule is CCN(Cc1cnn(C)c1)c1nc(-c2cccnc2)nc2sc3c(c12)CCC3. The van der Waals surface area contributed by atoms with Crippen molar-refractivity contribution in [2.24, 2.45) is 7.05 Å². The minimum atomic E-state index is 0.750. The Morgan fingerprint density at radius 1 is 1.21 bits per heavy atom. The van der Waals surface area contributed by atoms with Crippen molar-refractivity contribution in [3.8, 4) is 11.4 Å². The highest BCUT2D eigenvalue weighted by Gasteiger charge is 2.25. The van der Waals surface area contributed by atoms with E-state index in [1.807, 2.05) is 47.6 Å². The van der Waals surface area contributed by atoms with Gasteiger partial charge in [-0.15, -0.1) is 11.3 Å². The second kappa shape index (κ2) is 6.98. The molecule has 0 radical (unpaired) electrons. The Morgan fingerprint density at radius 3 is 2.89 bits per heavy atom. The summed E-state index contributed by atoms with van der Waals surface area (Å²) in [6.07, 6.45) is 11.1. The fraction of sp³-hybridized carbons (Fsp3) is 0.333. The van der Waals surface area contributed by atoms with E-state index in [0.29, 0.717) is 0 Å². The van der Waals surface area contributed by atoms with E-state index < -0.39 is 0 Å². The molecule has 0 N–H and O–H groups in total. The summed E-state index contributed by atoms with van der Waals surface area (Å²) in [6, 6.07) is 3.96. The number of anilines is 1. The Hall–Kier alpha value is -2.80. The number of rotatable bonds is 5. The van der Waals surface area contributed by atoms with E-state index in [0.717, 1.165) is 48.0 Å². The van der Waals surface area contributed by atoms with E-state index in [9.17, 15) is 0 Å². The van der Waals surface area contributed by atoms with Gasteiger partial charge in [0.25, 0.3) is 0 Å². The van der Waals surface area contributed by atoms with Crippen molar-refractivity contribution in [2.45, 2.75) is 32.7 Å². The third-order valence-electron chi connectivity index (χ3n) is 5.28. The molecule has 0 unspecified atom stereocenters. The van der Waals surface area contributed by atoms with Crippen molar-refractivity contribution >= 4 is 27.4 Å². The fourth-order valence-corrected chi connectivity index (χ4v) is 5.20. The number of fused-ring (bicyclic) bond motifs is 3. The van der Waals surface area contributed by atoms with Gasteiger partial charge in [0.15, 0.2) is 5.82 Å². The van der Waals surface area contributed by atoms with Gasteiger partial charge in [0, 0.05) is 54.7 Å². The molecule has 6 nitrogen and oxygen atoms in total. The van der Waals surface area contributed by atoms with Crippen LogP contribution in [0.1, 0.15) is 29.3 Å². The van der Waals surface area contributed by atoms with Crippen molar-refractivity contribution in [1.82, 2.24) is 24.7 Å². The number of thiophene rings is 1. The van der Waals surface area contributed by atoms with E-state index in [4.69, 9.17) is 9.97 Å². The minimum Gasteiger partial charge on any atom is -0.352 e. The predicted molar refractivity (Wildman–Crippen MR) is 113 cm³/mol. The summed E-state index contributed by atoms with van der Waals surface area (Å²) >= 11 is 1.83. The van der Waals surface area contributed by atoms with Crippen LogP contribution in [-0.4, -0.2) is 31.3 Å². The van der Waals surface area contributed by atoms with Gasteiger partial charge in [-0.1, -0.05) is 0 Å². The summed E-state index contributed by atoms with van der Waals surface area (Å²) in [5.41, 5.74) is 3.60. The Balaban J connectivity index is 1.68. The van der Waals surface area contributed by atoms with Gasteiger partial charge in [-0.2, -0.15) is 5.10 Å². The maximum atomic E-state index is 5.05. The van der Waals surface area contributed by atoms with Crippen molar-refractivity contribution in [3.63, 3.8) is 0 Å². The fourth-order valence-electron chi connectivity index (χ4n) is 3.94. The summed E-state index contributed by atoms with van der Waals surface area (Å²) in [5, 5.41) is 5.57. The predicted octanol–water partition coefficient (Wildman–Crippen LogP) is 4.00. The van der Waals surface area contributed by atoms with Crippen LogP contribution in [0.2, 0.25) is 0 Å². The molecule has 0 aromatic carbocycles. The summed E-state index contributed by atoms with van der Waals surface area (Å²) in [7, 11) is 1.95. The highest BCUT2D eigenvalue weighted by Crippen LogP contribution is 2.41. The highest BCUT2D eigenvalue weighted by atomic mass is 32.1. The molecule has 4 aromatic heterocycles. The number of hydrogen-bond donors (Lipinski definition) is 0. The molecule has 1 aliphatic rings. The van der Waals surface area contributed by atoms with Gasteiger partial charge < -0.3 is 4.90 Å². The number of nitrogens with zero attached hydrogens (tertiary/aromatic N) is 6. The minimum absolute atomic E-state index is 0.750. The van der Waals surface area contributed by atoms with Crippen LogP contribution >= 0.6 is 11.3 Å². The smallest absolute Gasteiger partial charge is 0.164 e. The van der Waals surface area contributed by atoms with Crippen LogP contribution in [-0.2, 0) is 26.4 Å². The molecule has 0 saturated heterocycles. The molecule has 7 heteroatoms. The highest BCUT2D eigenvalue weighted by molar-refractivity contribution is 7.19. The molecule has 1 aliphatic carbocycles. The standard InChI is InChI=1S/C21H22N6S/c1-3-27(13-14-10-23-26(2)12-14)20-18-16-7-4-8-17(16)28-21(18)25-19(24-20)15-6-5-9-22-11-15/h5-6,9-12H,3-4,7-8,13H2,1-2H3. The maximum absolute atomic E-state index is 5.05. The third-order valence-corrected chi connectivity index (χ3v) is 6.46. The third kappa shape index (κ3) is 2.96. The Bertz CT molecular complexity index is 1130. The molecule has 5 rings (SSSR count). The number of aryl methyl sites for hydroxylation is 3. The zero-order valence-electron chi connectivity index (χ0n) is 16.1. The lowest BCUT2D eigenvalue weighted by atomic mass is 10.1. The van der Waals surface area contributed by atoms with Crippen LogP contribution in [0.15, 0.2) is 36.9 Å². The molecule has 142 valence electrons. The monoisotopic (exact) mass is 390 g/mol. The van der Waals surface area contributed by atoms with Gasteiger partial charge >= 0.3 is 0 Å². The molecule has 4 heterocycles. The Morgan fingerprint density at radius 2 is 2.14 bits per heavy atom. The largest absolute Gasteiger partial charge is 0.352 e. The van der Waals surface area contributed by atoms with Crippen LogP contribution in [0.3, 0.4) is 0 Å². The Kier molecular flexibility index (Phi) is 4.31. The van der Waals surface area contributed by atoms with E-state index >= 15 is 0 Å². The van der Waals surface area contributed by atoms with E-state index in [-0.39, 0.29) is 0 Å². The summed E-state index contributed by atoms with van der Waals surface area (Å²) in [6.45, 7) is 3.84. The van der Waals surface area contributed by atoms with E-state index in [1.54, 1.807) is 6.20 Å². The van der Waals surface area contributed by atoms with E-state index in [2.05, 4.69) is 28.1 Å². The van der Waals surface area contributed by atoms with Crippen molar-refractivity contribution in [1.29, 1.82) is 0 Å². The van der Waals surface area contributed by atoms with Crippen LogP contribution in [0.5, 0.6) is 0 Å². The van der Waals surface area contributed by atoms with Crippen molar-refractivity contribution in [2.75, 3.05) is 11.4 Å². The first-order valence-electron chi connectivity index (χ1n) is 9.68. The van der Waals surface area contributed by atoms with Crippen molar-refractivity contribution < 1.29 is 0 Å². The molecule has 0 bridgehead atoms. The van der Waals surface area contributed by atoms with Crippen molar-refractivity contribution in [3.05, 3.63) is 52.9 Å².